The minimum absolute atomic E-state index is 0.261. The zero-order valence-electron chi connectivity index (χ0n) is 11.2. The van der Waals surface area contributed by atoms with Gasteiger partial charge in [0.05, 0.1) is 0 Å². The first-order valence-corrected chi connectivity index (χ1v) is 6.17. The maximum atomic E-state index is 10.6. The summed E-state index contributed by atoms with van der Waals surface area (Å²) >= 11 is 0. The summed E-state index contributed by atoms with van der Waals surface area (Å²) in [5, 5.41) is 10.6. The summed E-state index contributed by atoms with van der Waals surface area (Å²) in [6, 6.07) is 0.261. The van der Waals surface area contributed by atoms with E-state index in [4.69, 9.17) is 0 Å². The standard InChI is InChI=1S/C13H27NO/c1-7-9-13(15,8-2)12(10(3)4)14-11(5)6/h10-11,15H,7-9H2,1-6H3. The SMILES string of the molecule is CCCC(O)(CC)C(=NC(C)C)C(C)C. The van der Waals surface area contributed by atoms with Gasteiger partial charge in [-0.05, 0) is 32.6 Å². The van der Waals surface area contributed by atoms with Crippen molar-refractivity contribution in [1.82, 2.24) is 0 Å². The molecule has 0 amide bonds. The second kappa shape index (κ2) is 6.26. The normalized spacial score (nSPS) is 17.3. The number of hydrogen-bond acceptors (Lipinski definition) is 2. The van der Waals surface area contributed by atoms with E-state index >= 15 is 0 Å². The third-order valence-corrected chi connectivity index (χ3v) is 2.67. The highest BCUT2D eigenvalue weighted by atomic mass is 16.3. The van der Waals surface area contributed by atoms with Gasteiger partial charge in [0.1, 0.15) is 5.60 Å². The summed E-state index contributed by atoms with van der Waals surface area (Å²) in [5.74, 6) is 0.323. The first kappa shape index (κ1) is 14.6. The molecule has 90 valence electrons. The van der Waals surface area contributed by atoms with Crippen LogP contribution in [0.1, 0.15) is 60.8 Å². The van der Waals surface area contributed by atoms with Crippen LogP contribution in [0.15, 0.2) is 4.99 Å². The zero-order chi connectivity index (χ0) is 12.1. The van der Waals surface area contributed by atoms with E-state index in [1.807, 2.05) is 6.92 Å². The molecule has 0 saturated carbocycles. The van der Waals surface area contributed by atoms with E-state index in [0.29, 0.717) is 5.92 Å². The van der Waals surface area contributed by atoms with Crippen molar-refractivity contribution in [1.29, 1.82) is 0 Å². The Hall–Kier alpha value is -0.370. The molecule has 15 heavy (non-hydrogen) atoms. The van der Waals surface area contributed by atoms with Crippen LogP contribution >= 0.6 is 0 Å². The molecule has 0 saturated heterocycles. The number of rotatable bonds is 6. The molecule has 1 N–H and O–H groups in total. The molecule has 0 radical (unpaired) electrons. The molecule has 1 unspecified atom stereocenters. The zero-order valence-corrected chi connectivity index (χ0v) is 11.2. The molecule has 2 nitrogen and oxygen atoms in total. The van der Waals surface area contributed by atoms with Crippen molar-refractivity contribution >= 4 is 5.71 Å². The molecular formula is C13H27NO. The van der Waals surface area contributed by atoms with Crippen LogP contribution in [0.4, 0.5) is 0 Å². The fourth-order valence-electron chi connectivity index (χ4n) is 1.98. The van der Waals surface area contributed by atoms with Crippen LogP contribution < -0.4 is 0 Å². The van der Waals surface area contributed by atoms with Gasteiger partial charge in [-0.25, -0.2) is 0 Å². The highest BCUT2D eigenvalue weighted by molar-refractivity contribution is 5.94. The lowest BCUT2D eigenvalue weighted by Crippen LogP contribution is -2.41. The average Bonchev–Trinajstić information content (AvgIpc) is 2.13. The Morgan fingerprint density at radius 3 is 2.00 bits per heavy atom. The van der Waals surface area contributed by atoms with Gasteiger partial charge in [-0.15, -0.1) is 0 Å². The van der Waals surface area contributed by atoms with Crippen LogP contribution in [-0.2, 0) is 0 Å². The minimum atomic E-state index is -0.687. The van der Waals surface area contributed by atoms with Crippen LogP contribution in [0.5, 0.6) is 0 Å². The van der Waals surface area contributed by atoms with Crippen LogP contribution in [0.2, 0.25) is 0 Å². The van der Waals surface area contributed by atoms with E-state index in [1.54, 1.807) is 0 Å². The largest absolute Gasteiger partial charge is 0.384 e. The molecule has 0 aromatic carbocycles. The summed E-state index contributed by atoms with van der Waals surface area (Å²) in [6.07, 6.45) is 2.56. The Morgan fingerprint density at radius 2 is 1.73 bits per heavy atom. The van der Waals surface area contributed by atoms with Gasteiger partial charge in [0, 0.05) is 11.8 Å². The Labute approximate surface area is 94.8 Å². The van der Waals surface area contributed by atoms with Crippen molar-refractivity contribution in [2.75, 3.05) is 0 Å². The summed E-state index contributed by atoms with van der Waals surface area (Å²) in [6.45, 7) is 12.5. The van der Waals surface area contributed by atoms with E-state index in [1.165, 1.54) is 0 Å². The molecule has 0 fully saturated rings. The van der Waals surface area contributed by atoms with E-state index in [9.17, 15) is 5.11 Å². The lowest BCUT2D eigenvalue weighted by atomic mass is 9.83. The van der Waals surface area contributed by atoms with Crippen LogP contribution in [-0.4, -0.2) is 22.5 Å². The summed E-state index contributed by atoms with van der Waals surface area (Å²) < 4.78 is 0. The minimum Gasteiger partial charge on any atom is -0.384 e. The van der Waals surface area contributed by atoms with E-state index in [0.717, 1.165) is 25.0 Å². The molecule has 0 aromatic rings. The fraction of sp³-hybridized carbons (Fsp3) is 0.923. The highest BCUT2D eigenvalue weighted by Crippen LogP contribution is 2.24. The maximum absolute atomic E-state index is 10.6. The highest BCUT2D eigenvalue weighted by Gasteiger charge is 2.32. The Bertz CT molecular complexity index is 209. The van der Waals surface area contributed by atoms with Crippen LogP contribution in [0.3, 0.4) is 0 Å². The van der Waals surface area contributed by atoms with Gasteiger partial charge in [0.2, 0.25) is 0 Å². The van der Waals surface area contributed by atoms with Gasteiger partial charge in [-0.2, -0.15) is 0 Å². The topological polar surface area (TPSA) is 32.6 Å². The van der Waals surface area contributed by atoms with Gasteiger partial charge in [-0.1, -0.05) is 34.1 Å². The van der Waals surface area contributed by atoms with E-state index in [2.05, 4.69) is 39.6 Å². The molecule has 0 aliphatic heterocycles. The number of hydrogen-bond donors (Lipinski definition) is 1. The maximum Gasteiger partial charge on any atom is 0.102 e. The van der Waals surface area contributed by atoms with Crippen molar-refractivity contribution in [3.63, 3.8) is 0 Å². The molecule has 2 heteroatoms. The molecule has 0 rings (SSSR count). The van der Waals surface area contributed by atoms with Crippen molar-refractivity contribution in [3.8, 4) is 0 Å². The number of aliphatic imine (C=N–C) groups is 1. The molecule has 0 aliphatic carbocycles. The van der Waals surface area contributed by atoms with Crippen LogP contribution in [0.25, 0.3) is 0 Å². The monoisotopic (exact) mass is 213 g/mol. The molecular weight excluding hydrogens is 186 g/mol. The van der Waals surface area contributed by atoms with Crippen LogP contribution in [0, 0.1) is 5.92 Å². The Morgan fingerprint density at radius 1 is 1.20 bits per heavy atom. The fourth-order valence-corrected chi connectivity index (χ4v) is 1.98. The summed E-state index contributed by atoms with van der Waals surface area (Å²) in [5.41, 5.74) is 0.287. The first-order chi connectivity index (χ1) is 6.87. The Kier molecular flexibility index (Phi) is 6.11. The second-order valence-corrected chi connectivity index (χ2v) is 4.90. The summed E-state index contributed by atoms with van der Waals surface area (Å²) in [7, 11) is 0. The third-order valence-electron chi connectivity index (χ3n) is 2.67. The van der Waals surface area contributed by atoms with Crippen molar-refractivity contribution in [2.45, 2.75) is 72.4 Å². The molecule has 0 aliphatic rings. The quantitative estimate of drug-likeness (QED) is 0.674. The first-order valence-electron chi connectivity index (χ1n) is 6.17. The predicted molar refractivity (Wildman–Crippen MR) is 67.6 cm³/mol. The van der Waals surface area contributed by atoms with Gasteiger partial charge < -0.3 is 5.11 Å². The molecule has 0 spiro atoms. The van der Waals surface area contributed by atoms with Crippen molar-refractivity contribution in [3.05, 3.63) is 0 Å². The molecule has 0 heterocycles. The molecule has 0 bridgehead atoms. The average molecular weight is 213 g/mol. The smallest absolute Gasteiger partial charge is 0.102 e. The van der Waals surface area contributed by atoms with Gasteiger partial charge >= 0.3 is 0 Å². The second-order valence-electron chi connectivity index (χ2n) is 4.90. The molecule has 0 aromatic heterocycles. The third kappa shape index (κ3) is 4.33. The number of nitrogens with zero attached hydrogens (tertiary/aromatic N) is 1. The lowest BCUT2D eigenvalue weighted by molar-refractivity contribution is 0.0920. The van der Waals surface area contributed by atoms with Crippen molar-refractivity contribution in [2.24, 2.45) is 10.9 Å². The predicted octanol–water partition coefficient (Wildman–Crippen LogP) is 3.43. The molecule has 1 atom stereocenters. The Balaban J connectivity index is 5.02. The van der Waals surface area contributed by atoms with E-state index in [-0.39, 0.29) is 6.04 Å². The lowest BCUT2D eigenvalue weighted by Gasteiger charge is -2.31. The van der Waals surface area contributed by atoms with Gasteiger partial charge in [-0.3, -0.25) is 4.99 Å². The van der Waals surface area contributed by atoms with Gasteiger partial charge in [0.15, 0.2) is 0 Å². The summed E-state index contributed by atoms with van der Waals surface area (Å²) in [4.78, 5) is 4.60. The van der Waals surface area contributed by atoms with Crippen molar-refractivity contribution < 1.29 is 5.11 Å². The number of aliphatic hydroxyl groups is 1. The van der Waals surface area contributed by atoms with E-state index < -0.39 is 5.60 Å². The van der Waals surface area contributed by atoms with Gasteiger partial charge in [0.25, 0.3) is 0 Å².